The predicted molar refractivity (Wildman–Crippen MR) is 75.6 cm³/mol. The zero-order valence-electron chi connectivity index (χ0n) is 9.38. The van der Waals surface area contributed by atoms with Crippen LogP contribution in [0, 0.1) is 6.92 Å². The van der Waals surface area contributed by atoms with Gasteiger partial charge in [0.2, 0.25) is 0 Å². The molecule has 0 saturated carbocycles. The predicted octanol–water partition coefficient (Wildman–Crippen LogP) is 4.85. The summed E-state index contributed by atoms with van der Waals surface area (Å²) < 4.78 is 0. The van der Waals surface area contributed by atoms with Gasteiger partial charge in [0.1, 0.15) is 5.01 Å². The van der Waals surface area contributed by atoms with E-state index in [1.54, 1.807) is 22.7 Å². The Balaban J connectivity index is 2.02. The molecule has 17 heavy (non-hydrogen) atoms. The van der Waals surface area contributed by atoms with Crippen molar-refractivity contribution in [2.75, 3.05) is 0 Å². The van der Waals surface area contributed by atoms with E-state index in [0.717, 1.165) is 10.7 Å². The van der Waals surface area contributed by atoms with Crippen molar-refractivity contribution in [3.05, 3.63) is 52.0 Å². The molecule has 0 spiro atoms. The Morgan fingerprint density at radius 2 is 1.82 bits per heavy atom. The quantitative estimate of drug-likeness (QED) is 0.639. The first-order valence-electron chi connectivity index (χ1n) is 5.39. The van der Waals surface area contributed by atoms with Crippen molar-refractivity contribution in [1.29, 1.82) is 0 Å². The molecule has 0 bridgehead atoms. The summed E-state index contributed by atoms with van der Waals surface area (Å²) in [7, 11) is 0. The van der Waals surface area contributed by atoms with E-state index >= 15 is 0 Å². The van der Waals surface area contributed by atoms with Gasteiger partial charge in [0.15, 0.2) is 0 Å². The third kappa shape index (κ3) is 2.04. The van der Waals surface area contributed by atoms with Gasteiger partial charge in [-0.25, -0.2) is 4.98 Å². The second kappa shape index (κ2) is 4.43. The van der Waals surface area contributed by atoms with E-state index in [1.165, 1.54) is 16.7 Å². The number of aromatic nitrogens is 1. The van der Waals surface area contributed by atoms with Gasteiger partial charge in [0.05, 0.1) is 5.69 Å². The van der Waals surface area contributed by atoms with E-state index in [-0.39, 0.29) is 0 Å². The van der Waals surface area contributed by atoms with Crippen LogP contribution in [-0.2, 0) is 0 Å². The summed E-state index contributed by atoms with van der Waals surface area (Å²) in [5.41, 5.74) is 4.82. The van der Waals surface area contributed by atoms with E-state index in [9.17, 15) is 0 Å². The smallest absolute Gasteiger partial charge is 0.125 e. The van der Waals surface area contributed by atoms with Gasteiger partial charge in [0, 0.05) is 21.9 Å². The molecule has 0 saturated heterocycles. The molecule has 0 aliphatic heterocycles. The molecule has 84 valence electrons. The molecule has 1 aromatic carbocycles. The van der Waals surface area contributed by atoms with Crippen LogP contribution in [0.2, 0.25) is 0 Å². The van der Waals surface area contributed by atoms with Gasteiger partial charge in [0.25, 0.3) is 0 Å². The number of nitrogens with zero attached hydrogens (tertiary/aromatic N) is 1. The van der Waals surface area contributed by atoms with Crippen molar-refractivity contribution in [2.24, 2.45) is 0 Å². The summed E-state index contributed by atoms with van der Waals surface area (Å²) in [6.07, 6.45) is 0. The number of thiophene rings is 1. The van der Waals surface area contributed by atoms with Crippen molar-refractivity contribution < 1.29 is 0 Å². The van der Waals surface area contributed by atoms with Crippen LogP contribution < -0.4 is 0 Å². The molecule has 3 heteroatoms. The molecule has 0 aliphatic carbocycles. The second-order valence-electron chi connectivity index (χ2n) is 3.87. The van der Waals surface area contributed by atoms with Gasteiger partial charge in [-0.15, -0.1) is 11.3 Å². The fraction of sp³-hybridized carbons (Fsp3) is 0.0714. The van der Waals surface area contributed by atoms with Crippen molar-refractivity contribution >= 4 is 22.7 Å². The van der Waals surface area contributed by atoms with Gasteiger partial charge >= 0.3 is 0 Å². The molecule has 3 rings (SSSR count). The van der Waals surface area contributed by atoms with Crippen LogP contribution in [0.5, 0.6) is 0 Å². The monoisotopic (exact) mass is 257 g/mol. The first kappa shape index (κ1) is 10.7. The molecular formula is C14H11NS2. The Kier molecular flexibility index (Phi) is 2.79. The first-order valence-corrected chi connectivity index (χ1v) is 7.21. The molecule has 2 heterocycles. The van der Waals surface area contributed by atoms with Crippen LogP contribution in [0.3, 0.4) is 0 Å². The maximum absolute atomic E-state index is 4.71. The lowest BCUT2D eigenvalue weighted by Gasteiger charge is -1.95. The van der Waals surface area contributed by atoms with Crippen molar-refractivity contribution in [3.8, 4) is 21.8 Å². The SMILES string of the molecule is Cc1cscc1-c1nc(-c2ccccc2)cs1. The summed E-state index contributed by atoms with van der Waals surface area (Å²) in [4.78, 5) is 4.71. The molecule has 0 fully saturated rings. The number of aryl methyl sites for hydroxylation is 1. The lowest BCUT2D eigenvalue weighted by molar-refractivity contribution is 1.39. The average molecular weight is 257 g/mol. The fourth-order valence-corrected chi connectivity index (χ4v) is 3.54. The minimum absolute atomic E-state index is 1.07. The summed E-state index contributed by atoms with van der Waals surface area (Å²) in [5.74, 6) is 0. The summed E-state index contributed by atoms with van der Waals surface area (Å²) in [6, 6.07) is 10.3. The highest BCUT2D eigenvalue weighted by atomic mass is 32.1. The average Bonchev–Trinajstić information content (AvgIpc) is 2.98. The van der Waals surface area contributed by atoms with Crippen LogP contribution in [0.25, 0.3) is 21.8 Å². The molecule has 0 unspecified atom stereocenters. The Hall–Kier alpha value is -1.45. The second-order valence-corrected chi connectivity index (χ2v) is 5.47. The van der Waals surface area contributed by atoms with E-state index in [4.69, 9.17) is 4.98 Å². The molecule has 0 aliphatic rings. The minimum atomic E-state index is 1.07. The number of rotatable bonds is 2. The van der Waals surface area contributed by atoms with E-state index in [0.29, 0.717) is 0 Å². The Bertz CT molecular complexity index is 622. The molecule has 0 radical (unpaired) electrons. The van der Waals surface area contributed by atoms with Crippen LogP contribution in [0.15, 0.2) is 46.5 Å². The van der Waals surface area contributed by atoms with Gasteiger partial charge < -0.3 is 0 Å². The maximum atomic E-state index is 4.71. The van der Waals surface area contributed by atoms with Gasteiger partial charge in [-0.1, -0.05) is 30.3 Å². The molecule has 0 N–H and O–H groups in total. The minimum Gasteiger partial charge on any atom is -0.236 e. The van der Waals surface area contributed by atoms with Gasteiger partial charge in [-0.05, 0) is 17.9 Å². The fourth-order valence-electron chi connectivity index (χ4n) is 1.72. The number of hydrogen-bond donors (Lipinski definition) is 0. The van der Waals surface area contributed by atoms with Crippen LogP contribution in [-0.4, -0.2) is 4.98 Å². The van der Waals surface area contributed by atoms with Crippen molar-refractivity contribution in [3.63, 3.8) is 0 Å². The molecule has 1 nitrogen and oxygen atoms in total. The maximum Gasteiger partial charge on any atom is 0.125 e. The summed E-state index contributed by atoms with van der Waals surface area (Å²) in [5, 5.41) is 7.58. The third-order valence-electron chi connectivity index (χ3n) is 2.66. The molecule has 0 amide bonds. The lowest BCUT2D eigenvalue weighted by atomic mass is 10.2. The Morgan fingerprint density at radius 3 is 2.53 bits per heavy atom. The van der Waals surface area contributed by atoms with Crippen LogP contribution >= 0.6 is 22.7 Å². The lowest BCUT2D eigenvalue weighted by Crippen LogP contribution is -1.78. The zero-order chi connectivity index (χ0) is 11.7. The van der Waals surface area contributed by atoms with Crippen molar-refractivity contribution in [1.82, 2.24) is 4.98 Å². The van der Waals surface area contributed by atoms with Crippen LogP contribution in [0.1, 0.15) is 5.56 Å². The Labute approximate surface area is 108 Å². The van der Waals surface area contributed by atoms with Gasteiger partial charge in [-0.3, -0.25) is 0 Å². The number of benzene rings is 1. The molecule has 3 aromatic rings. The zero-order valence-corrected chi connectivity index (χ0v) is 11.0. The van der Waals surface area contributed by atoms with Crippen molar-refractivity contribution in [2.45, 2.75) is 6.92 Å². The topological polar surface area (TPSA) is 12.9 Å². The molecule has 2 aromatic heterocycles. The Morgan fingerprint density at radius 1 is 1.00 bits per heavy atom. The summed E-state index contributed by atoms with van der Waals surface area (Å²) in [6.45, 7) is 2.13. The van der Waals surface area contributed by atoms with E-state index in [2.05, 4.69) is 35.2 Å². The highest BCUT2D eigenvalue weighted by Crippen LogP contribution is 2.32. The normalized spacial score (nSPS) is 10.6. The first-order chi connectivity index (χ1) is 8.34. The number of thiazole rings is 1. The highest BCUT2D eigenvalue weighted by molar-refractivity contribution is 7.14. The molecule has 0 atom stereocenters. The highest BCUT2D eigenvalue weighted by Gasteiger charge is 2.08. The standard InChI is InChI=1S/C14H11NS2/c1-10-7-16-8-12(10)14-15-13(9-17-14)11-5-3-2-4-6-11/h2-9H,1H3. The summed E-state index contributed by atoms with van der Waals surface area (Å²) >= 11 is 3.44. The third-order valence-corrected chi connectivity index (χ3v) is 4.40. The van der Waals surface area contributed by atoms with E-state index < -0.39 is 0 Å². The van der Waals surface area contributed by atoms with Crippen LogP contribution in [0.4, 0.5) is 0 Å². The number of hydrogen-bond acceptors (Lipinski definition) is 3. The van der Waals surface area contributed by atoms with Gasteiger partial charge in [-0.2, -0.15) is 11.3 Å². The molecular weight excluding hydrogens is 246 g/mol. The van der Waals surface area contributed by atoms with E-state index in [1.807, 2.05) is 18.2 Å². The largest absolute Gasteiger partial charge is 0.236 e.